The van der Waals surface area contributed by atoms with Crippen molar-refractivity contribution in [1.29, 1.82) is 0 Å². The summed E-state index contributed by atoms with van der Waals surface area (Å²) in [4.78, 5) is 39.4. The summed E-state index contributed by atoms with van der Waals surface area (Å²) in [5.74, 6) is 1.15. The lowest BCUT2D eigenvalue weighted by Crippen LogP contribution is -2.52. The zero-order valence-electron chi connectivity index (χ0n) is 17.4. The maximum Gasteiger partial charge on any atom is 0.223 e. The lowest BCUT2D eigenvalue weighted by Gasteiger charge is -2.44. The molecule has 1 amide bonds. The zero-order chi connectivity index (χ0) is 22.0. The number of Topliss-reactive ketones (excluding diaryl/α,β-unsaturated/α-hetero) is 2. The van der Waals surface area contributed by atoms with Crippen LogP contribution in [0.5, 0.6) is 11.5 Å². The molecule has 1 spiro atoms. The number of hydrogen-bond acceptors (Lipinski definition) is 5. The van der Waals surface area contributed by atoms with E-state index in [1.165, 1.54) is 0 Å². The molecule has 7 heteroatoms. The molecular weight excluding hydrogens is 418 g/mol. The van der Waals surface area contributed by atoms with Crippen molar-refractivity contribution in [2.45, 2.75) is 37.7 Å². The molecule has 4 rings (SSSR count). The van der Waals surface area contributed by atoms with Gasteiger partial charge >= 0.3 is 0 Å². The Morgan fingerprint density at radius 2 is 1.81 bits per heavy atom. The number of ketones is 2. The van der Waals surface area contributed by atoms with E-state index in [1.807, 2.05) is 0 Å². The number of likely N-dealkylation sites (tertiary alicyclic amines) is 1. The standard InChI is InChI=1S/C24H24ClNO5/c1-30-18-5-2-16(3-6-18)20(27)7-9-23(29)26-12-10-24(11-13-26)15-21(28)19-14-17(25)4-8-22(19)31-24/h2-6,8,14H,7,9-13,15H2,1H3. The third-order valence-electron chi connectivity index (χ3n) is 6.06. The van der Waals surface area contributed by atoms with E-state index in [0.29, 0.717) is 60.0 Å². The Kier molecular flexibility index (Phi) is 6.01. The van der Waals surface area contributed by atoms with Crippen LogP contribution in [0.2, 0.25) is 5.02 Å². The number of methoxy groups -OCH3 is 1. The molecular formula is C24H24ClNO5. The number of rotatable bonds is 5. The Bertz CT molecular complexity index is 1010. The molecule has 6 nitrogen and oxygen atoms in total. The third-order valence-corrected chi connectivity index (χ3v) is 6.29. The van der Waals surface area contributed by atoms with Gasteiger partial charge in [-0.15, -0.1) is 0 Å². The molecule has 0 radical (unpaired) electrons. The number of amides is 1. The van der Waals surface area contributed by atoms with Crippen LogP contribution < -0.4 is 9.47 Å². The second kappa shape index (κ2) is 8.71. The van der Waals surface area contributed by atoms with Crippen LogP contribution in [0.1, 0.15) is 52.8 Å². The van der Waals surface area contributed by atoms with Gasteiger partial charge in [0.25, 0.3) is 0 Å². The minimum Gasteiger partial charge on any atom is -0.497 e. The van der Waals surface area contributed by atoms with Crippen LogP contribution in [-0.4, -0.2) is 48.2 Å². The van der Waals surface area contributed by atoms with E-state index in [-0.39, 0.29) is 30.3 Å². The second-order valence-electron chi connectivity index (χ2n) is 8.06. The summed E-state index contributed by atoms with van der Waals surface area (Å²) in [6, 6.07) is 12.0. The number of carbonyl (C=O) groups excluding carboxylic acids is 3. The Balaban J connectivity index is 1.31. The first-order valence-electron chi connectivity index (χ1n) is 10.4. The van der Waals surface area contributed by atoms with Gasteiger partial charge in [0.2, 0.25) is 5.91 Å². The molecule has 2 aromatic rings. The first kappa shape index (κ1) is 21.4. The van der Waals surface area contributed by atoms with Gasteiger partial charge in [-0.2, -0.15) is 0 Å². The molecule has 0 unspecified atom stereocenters. The second-order valence-corrected chi connectivity index (χ2v) is 8.49. The van der Waals surface area contributed by atoms with Crippen LogP contribution in [0, 0.1) is 0 Å². The van der Waals surface area contributed by atoms with Crippen LogP contribution in [-0.2, 0) is 4.79 Å². The molecule has 1 fully saturated rings. The summed E-state index contributed by atoms with van der Waals surface area (Å²) in [7, 11) is 1.57. The van der Waals surface area contributed by atoms with Crippen molar-refractivity contribution < 1.29 is 23.9 Å². The van der Waals surface area contributed by atoms with Crippen LogP contribution in [0.4, 0.5) is 0 Å². The monoisotopic (exact) mass is 441 g/mol. The first-order valence-corrected chi connectivity index (χ1v) is 10.7. The van der Waals surface area contributed by atoms with Gasteiger partial charge in [0.15, 0.2) is 11.6 Å². The summed E-state index contributed by atoms with van der Waals surface area (Å²) >= 11 is 6.00. The quantitative estimate of drug-likeness (QED) is 0.645. The normalized spacial score (nSPS) is 17.1. The van der Waals surface area contributed by atoms with Gasteiger partial charge in [0.05, 0.1) is 19.1 Å². The number of piperidine rings is 1. The van der Waals surface area contributed by atoms with Gasteiger partial charge in [0, 0.05) is 49.4 Å². The van der Waals surface area contributed by atoms with Crippen LogP contribution in [0.25, 0.3) is 0 Å². The van der Waals surface area contributed by atoms with Gasteiger partial charge in [0.1, 0.15) is 17.1 Å². The van der Waals surface area contributed by atoms with E-state index in [1.54, 1.807) is 54.5 Å². The number of hydrogen-bond donors (Lipinski definition) is 0. The molecule has 1 saturated heterocycles. The fraction of sp³-hybridized carbons (Fsp3) is 0.375. The van der Waals surface area contributed by atoms with Crippen LogP contribution in [0.15, 0.2) is 42.5 Å². The highest BCUT2D eigenvalue weighted by atomic mass is 35.5. The Hall–Kier alpha value is -2.86. The molecule has 0 saturated carbocycles. The van der Waals surface area contributed by atoms with Crippen molar-refractivity contribution >= 4 is 29.1 Å². The van der Waals surface area contributed by atoms with Crippen molar-refractivity contribution in [3.8, 4) is 11.5 Å². The van der Waals surface area contributed by atoms with Gasteiger partial charge in [-0.1, -0.05) is 11.6 Å². The minimum atomic E-state index is -0.576. The predicted molar refractivity (Wildman–Crippen MR) is 116 cm³/mol. The topological polar surface area (TPSA) is 72.9 Å². The summed E-state index contributed by atoms with van der Waals surface area (Å²) in [5, 5.41) is 0.510. The number of nitrogens with zero attached hydrogens (tertiary/aromatic N) is 1. The van der Waals surface area contributed by atoms with E-state index in [4.69, 9.17) is 21.1 Å². The number of halogens is 1. The average molecular weight is 442 g/mol. The van der Waals surface area contributed by atoms with Crippen molar-refractivity contribution in [1.82, 2.24) is 4.90 Å². The largest absolute Gasteiger partial charge is 0.497 e. The molecule has 31 heavy (non-hydrogen) atoms. The third kappa shape index (κ3) is 4.59. The van der Waals surface area contributed by atoms with E-state index < -0.39 is 5.60 Å². The smallest absolute Gasteiger partial charge is 0.223 e. The molecule has 2 heterocycles. The summed E-state index contributed by atoms with van der Waals surface area (Å²) in [5.41, 5.74) is 0.515. The highest BCUT2D eigenvalue weighted by Gasteiger charge is 2.43. The van der Waals surface area contributed by atoms with Crippen molar-refractivity contribution in [3.05, 3.63) is 58.6 Å². The van der Waals surface area contributed by atoms with Gasteiger partial charge in [-0.25, -0.2) is 0 Å². The van der Waals surface area contributed by atoms with E-state index in [0.717, 1.165) is 0 Å². The molecule has 2 aromatic carbocycles. The highest BCUT2D eigenvalue weighted by Crippen LogP contribution is 2.40. The van der Waals surface area contributed by atoms with E-state index >= 15 is 0 Å². The van der Waals surface area contributed by atoms with Crippen molar-refractivity contribution in [2.24, 2.45) is 0 Å². The molecule has 2 aliphatic rings. The first-order chi connectivity index (χ1) is 14.9. The molecule has 0 aliphatic carbocycles. The summed E-state index contributed by atoms with van der Waals surface area (Å²) in [6.45, 7) is 1.01. The molecule has 162 valence electrons. The van der Waals surface area contributed by atoms with Gasteiger partial charge in [-0.05, 0) is 42.5 Å². The molecule has 0 bridgehead atoms. The lowest BCUT2D eigenvalue weighted by molar-refractivity contribution is -0.134. The van der Waals surface area contributed by atoms with Gasteiger partial charge in [-0.3, -0.25) is 14.4 Å². The number of ether oxygens (including phenoxy) is 2. The number of benzene rings is 2. The average Bonchev–Trinajstić information content (AvgIpc) is 2.78. The Labute approximate surface area is 186 Å². The lowest BCUT2D eigenvalue weighted by atomic mass is 9.82. The van der Waals surface area contributed by atoms with E-state index in [9.17, 15) is 14.4 Å². The SMILES string of the molecule is COc1ccc(C(=O)CCC(=O)N2CCC3(CC2)CC(=O)c2cc(Cl)ccc2O3)cc1. The minimum absolute atomic E-state index is 0.0219. The molecule has 0 atom stereocenters. The predicted octanol–water partition coefficient (Wildman–Crippen LogP) is 4.34. The van der Waals surface area contributed by atoms with Crippen molar-refractivity contribution in [2.75, 3.05) is 20.2 Å². The maximum atomic E-state index is 12.6. The summed E-state index contributed by atoms with van der Waals surface area (Å²) in [6.07, 6.45) is 1.78. The van der Waals surface area contributed by atoms with Crippen LogP contribution >= 0.6 is 11.6 Å². The van der Waals surface area contributed by atoms with Crippen molar-refractivity contribution in [3.63, 3.8) is 0 Å². The van der Waals surface area contributed by atoms with Crippen LogP contribution in [0.3, 0.4) is 0 Å². The molecule has 2 aliphatic heterocycles. The molecule has 0 aromatic heterocycles. The fourth-order valence-electron chi connectivity index (χ4n) is 4.21. The molecule has 0 N–H and O–H groups in total. The summed E-state index contributed by atoms with van der Waals surface area (Å²) < 4.78 is 11.3. The number of carbonyl (C=O) groups is 3. The Morgan fingerprint density at radius 3 is 2.48 bits per heavy atom. The fourth-order valence-corrected chi connectivity index (χ4v) is 4.38. The van der Waals surface area contributed by atoms with E-state index in [2.05, 4.69) is 0 Å². The Morgan fingerprint density at radius 1 is 1.10 bits per heavy atom. The van der Waals surface area contributed by atoms with Gasteiger partial charge < -0.3 is 14.4 Å². The number of fused-ring (bicyclic) bond motifs is 1. The highest BCUT2D eigenvalue weighted by molar-refractivity contribution is 6.31. The maximum absolute atomic E-state index is 12.6. The zero-order valence-corrected chi connectivity index (χ0v) is 18.1.